The maximum Gasteiger partial charge on any atom is 0.472 e. The van der Waals surface area contributed by atoms with E-state index in [2.05, 4.69) is 29.9 Å². The Balaban J connectivity index is 1.17. The molecule has 0 aromatic carbocycles. The molecule has 24 heteroatoms. The Hall–Kier alpha value is -3.24. The Morgan fingerprint density at radius 2 is 1.11 bits per heavy atom. The Kier molecular flexibility index (Phi) is 7.16. The van der Waals surface area contributed by atoms with Crippen LogP contribution in [0.2, 0.25) is 0 Å². The van der Waals surface area contributed by atoms with Gasteiger partial charge in [-0.2, -0.15) is 0 Å². The van der Waals surface area contributed by atoms with Crippen LogP contribution in [0.3, 0.4) is 0 Å². The number of nitrogens with two attached hydrogens (primary N) is 2. The summed E-state index contributed by atoms with van der Waals surface area (Å²) in [5, 5.41) is 22.2. The summed E-state index contributed by atoms with van der Waals surface area (Å²) in [6.45, 7) is -1.56. The van der Waals surface area contributed by atoms with Crippen LogP contribution in [0.1, 0.15) is 12.5 Å². The van der Waals surface area contributed by atoms with E-state index in [-0.39, 0.29) is 34.0 Å². The standard InChI is InChI=1S/C20H24N10O12P2/c21-15-9-17(25-3-23-15)29(5-27-9)19-11(31)13-7(39-19)1-37-43(33,34)42-14-8(2-38-44(35,36)41-13)40-20(12(14)32)30-6-28-10-16(22)24-4-26-18(10)30/h3-8,11-14,19-20,31-32H,1-2H2,(H,33,34)(H,35,36)(H2,21,23,25)(H2,22,24,26)/t7?,8?,11-,12-,13-,14-,19?,20?/m0/s1. The van der Waals surface area contributed by atoms with Gasteiger partial charge in [0.2, 0.25) is 0 Å². The first-order chi connectivity index (χ1) is 20.9. The van der Waals surface area contributed by atoms with Gasteiger partial charge >= 0.3 is 15.6 Å². The highest BCUT2D eigenvalue weighted by Gasteiger charge is 2.54. The summed E-state index contributed by atoms with van der Waals surface area (Å²) >= 11 is 0. The first-order valence-electron chi connectivity index (χ1n) is 12.8. The molecule has 0 aliphatic carbocycles. The van der Waals surface area contributed by atoms with Crippen molar-refractivity contribution in [2.24, 2.45) is 0 Å². The molecular formula is C20H24N10O12P2. The molecule has 236 valence electrons. The van der Waals surface area contributed by atoms with Crippen molar-refractivity contribution in [2.45, 2.75) is 49.1 Å². The highest BCUT2D eigenvalue weighted by molar-refractivity contribution is 7.47. The summed E-state index contributed by atoms with van der Waals surface area (Å²) in [5.74, 6) is 0.101. The third-order valence-electron chi connectivity index (χ3n) is 7.26. The molecule has 3 fully saturated rings. The Bertz CT molecular complexity index is 1690. The highest BCUT2D eigenvalue weighted by atomic mass is 31.2. The summed E-state index contributed by atoms with van der Waals surface area (Å²) in [7, 11) is -10.0. The van der Waals surface area contributed by atoms with Crippen LogP contribution in [0.15, 0.2) is 25.3 Å². The predicted octanol–water partition coefficient (Wildman–Crippen LogP) is -1.63. The molecule has 6 unspecified atom stereocenters. The molecular weight excluding hydrogens is 634 g/mol. The number of hydrogen-bond acceptors (Lipinski definition) is 18. The number of aromatic nitrogens is 8. The van der Waals surface area contributed by atoms with E-state index in [1.807, 2.05) is 0 Å². The van der Waals surface area contributed by atoms with Crippen molar-refractivity contribution >= 4 is 49.6 Å². The molecule has 3 aliphatic heterocycles. The van der Waals surface area contributed by atoms with E-state index >= 15 is 0 Å². The maximum absolute atomic E-state index is 13.1. The minimum Gasteiger partial charge on any atom is -0.386 e. The van der Waals surface area contributed by atoms with Crippen LogP contribution >= 0.6 is 15.6 Å². The second-order valence-electron chi connectivity index (χ2n) is 9.95. The Morgan fingerprint density at radius 1 is 0.705 bits per heavy atom. The fourth-order valence-electron chi connectivity index (χ4n) is 5.24. The van der Waals surface area contributed by atoms with Gasteiger partial charge in [0.25, 0.3) is 0 Å². The number of hydrogen-bond donors (Lipinski definition) is 6. The second kappa shape index (κ2) is 10.7. The van der Waals surface area contributed by atoms with E-state index in [0.29, 0.717) is 0 Å². The van der Waals surface area contributed by atoms with Crippen molar-refractivity contribution in [2.75, 3.05) is 24.7 Å². The first-order valence-corrected chi connectivity index (χ1v) is 15.8. The van der Waals surface area contributed by atoms with Crippen LogP contribution in [0.5, 0.6) is 0 Å². The SMILES string of the molecule is Nc1ncnc2c1ncn2C1OC2COP(=O)(O)O[C@H]3C(COP(=O)(O)O[C@@H]2[C@@H]1O)OC(n1cnc2c(N)ncnc21)[C@H]3O. The van der Waals surface area contributed by atoms with E-state index in [0.717, 1.165) is 12.7 Å². The average molecular weight is 658 g/mol. The van der Waals surface area contributed by atoms with E-state index in [4.69, 9.17) is 39.0 Å². The minimum absolute atomic E-state index is 0.0507. The molecule has 10 atom stereocenters. The van der Waals surface area contributed by atoms with Crippen LogP contribution in [0.4, 0.5) is 11.6 Å². The molecule has 0 spiro atoms. The minimum atomic E-state index is -5.00. The lowest BCUT2D eigenvalue weighted by atomic mass is 10.1. The van der Waals surface area contributed by atoms with Crippen LogP contribution in [0.25, 0.3) is 22.3 Å². The average Bonchev–Trinajstić information content (AvgIpc) is 3.73. The monoisotopic (exact) mass is 658 g/mol. The third-order valence-corrected chi connectivity index (χ3v) is 9.23. The molecule has 7 heterocycles. The van der Waals surface area contributed by atoms with Crippen LogP contribution < -0.4 is 11.5 Å². The molecule has 0 saturated carbocycles. The number of nitrogen functional groups attached to an aromatic ring is 2. The highest BCUT2D eigenvalue weighted by Crippen LogP contribution is 2.53. The lowest BCUT2D eigenvalue weighted by Gasteiger charge is -2.27. The van der Waals surface area contributed by atoms with Gasteiger partial charge in [-0.1, -0.05) is 0 Å². The van der Waals surface area contributed by atoms with Gasteiger partial charge in [0.1, 0.15) is 60.3 Å². The third kappa shape index (κ3) is 5.04. The summed E-state index contributed by atoms with van der Waals surface area (Å²) in [4.78, 5) is 45.3. The van der Waals surface area contributed by atoms with Crippen molar-refractivity contribution in [3.05, 3.63) is 25.3 Å². The normalized spacial score (nSPS) is 38.3. The molecule has 3 aliphatic rings. The van der Waals surface area contributed by atoms with Gasteiger partial charge in [0.05, 0.1) is 25.9 Å². The van der Waals surface area contributed by atoms with Crippen LogP contribution in [0, 0.1) is 0 Å². The van der Waals surface area contributed by atoms with Gasteiger partial charge in [0.15, 0.2) is 35.4 Å². The molecule has 8 N–H and O–H groups in total. The van der Waals surface area contributed by atoms with E-state index in [1.54, 1.807) is 0 Å². The van der Waals surface area contributed by atoms with Crippen molar-refractivity contribution in [3.8, 4) is 0 Å². The Morgan fingerprint density at radius 3 is 1.52 bits per heavy atom. The number of fused-ring (bicyclic) bond motifs is 4. The largest absolute Gasteiger partial charge is 0.472 e. The maximum atomic E-state index is 13.1. The van der Waals surface area contributed by atoms with Gasteiger partial charge < -0.3 is 40.9 Å². The van der Waals surface area contributed by atoms with Crippen molar-refractivity contribution in [3.63, 3.8) is 0 Å². The molecule has 4 aromatic heterocycles. The second-order valence-corrected chi connectivity index (χ2v) is 12.8. The molecule has 4 aromatic rings. The van der Waals surface area contributed by atoms with Gasteiger partial charge in [-0.25, -0.2) is 39.0 Å². The number of phosphoric acid groups is 2. The lowest BCUT2D eigenvalue weighted by Crippen LogP contribution is -2.39. The van der Waals surface area contributed by atoms with Crippen LogP contribution in [-0.4, -0.2) is 109 Å². The molecule has 3 saturated heterocycles. The number of aliphatic hydroxyl groups excluding tert-OH is 2. The Labute approximate surface area is 244 Å². The molecule has 44 heavy (non-hydrogen) atoms. The zero-order chi connectivity index (χ0) is 31.0. The summed E-state index contributed by atoms with van der Waals surface area (Å²) in [6.07, 6.45) is -7.30. The number of phosphoric ester groups is 2. The molecule has 0 radical (unpaired) electrons. The fourth-order valence-corrected chi connectivity index (χ4v) is 7.17. The first kappa shape index (κ1) is 29.5. The lowest BCUT2D eigenvalue weighted by molar-refractivity contribution is -0.0664. The summed E-state index contributed by atoms with van der Waals surface area (Å²) in [6, 6.07) is 0. The van der Waals surface area contributed by atoms with E-state index < -0.39 is 77.9 Å². The van der Waals surface area contributed by atoms with Gasteiger partial charge in [-0.15, -0.1) is 0 Å². The van der Waals surface area contributed by atoms with Gasteiger partial charge in [0, 0.05) is 0 Å². The number of imidazole rings is 2. The number of aliphatic hydroxyl groups is 2. The number of nitrogens with zero attached hydrogens (tertiary/aromatic N) is 8. The number of ether oxygens (including phenoxy) is 2. The van der Waals surface area contributed by atoms with E-state index in [9.17, 15) is 29.1 Å². The van der Waals surface area contributed by atoms with Gasteiger partial charge in [-0.3, -0.25) is 27.2 Å². The predicted molar refractivity (Wildman–Crippen MR) is 141 cm³/mol. The van der Waals surface area contributed by atoms with Gasteiger partial charge in [-0.05, 0) is 0 Å². The number of anilines is 2. The van der Waals surface area contributed by atoms with Crippen LogP contribution in [-0.2, 0) is 36.7 Å². The summed E-state index contributed by atoms with van der Waals surface area (Å²) < 4.78 is 61.2. The van der Waals surface area contributed by atoms with Crippen molar-refractivity contribution in [1.82, 2.24) is 39.0 Å². The number of rotatable bonds is 2. The van der Waals surface area contributed by atoms with E-state index in [1.165, 1.54) is 21.8 Å². The van der Waals surface area contributed by atoms with Crippen molar-refractivity contribution in [1.29, 1.82) is 0 Å². The topological polar surface area (TPSA) is 310 Å². The molecule has 0 amide bonds. The van der Waals surface area contributed by atoms with Crippen molar-refractivity contribution < 1.29 is 56.7 Å². The smallest absolute Gasteiger partial charge is 0.386 e. The zero-order valence-corrected chi connectivity index (χ0v) is 23.8. The molecule has 22 nitrogen and oxygen atoms in total. The summed E-state index contributed by atoms with van der Waals surface area (Å²) in [5.41, 5.74) is 12.4. The zero-order valence-electron chi connectivity index (χ0n) is 22.0. The molecule has 0 bridgehead atoms. The quantitative estimate of drug-likeness (QED) is 0.132. The fraction of sp³-hybridized carbons (Fsp3) is 0.500. The molecule has 7 rings (SSSR count).